The van der Waals surface area contributed by atoms with Gasteiger partial charge >= 0.3 is 0 Å². The molecule has 1 aromatic heterocycles. The highest BCUT2D eigenvalue weighted by molar-refractivity contribution is 5.45. The molecule has 0 fully saturated rings. The number of aryl methyl sites for hydroxylation is 1. The van der Waals surface area contributed by atoms with Gasteiger partial charge in [-0.15, -0.1) is 0 Å². The van der Waals surface area contributed by atoms with E-state index in [9.17, 15) is 8.78 Å². The van der Waals surface area contributed by atoms with Crippen molar-refractivity contribution in [3.8, 4) is 11.8 Å². The zero-order valence-electron chi connectivity index (χ0n) is 13.8. The molecular weight excluding hydrogens is 322 g/mol. The van der Waals surface area contributed by atoms with Gasteiger partial charge < -0.3 is 5.32 Å². The van der Waals surface area contributed by atoms with Crippen molar-refractivity contribution in [2.45, 2.75) is 19.9 Å². The Morgan fingerprint density at radius 3 is 2.68 bits per heavy atom. The first-order chi connectivity index (χ1) is 12.0. The average Bonchev–Trinajstić information content (AvgIpc) is 2.95. The minimum atomic E-state index is -0.674. The summed E-state index contributed by atoms with van der Waals surface area (Å²) in [5, 5.41) is 16.6. The molecule has 0 bridgehead atoms. The standard InChI is InChI=1S/C19H16F2N4/c1-12-8-19(23-13(2)15-5-3-4-14(9-15)11-22)24-25(12)18-7-6-16(20)10-17(18)21/h3-10,13H,1-2H3,(H,23,24). The SMILES string of the molecule is Cc1cc(NC(C)c2cccc(C#N)c2)nn1-c1ccc(F)cc1F. The molecule has 0 radical (unpaired) electrons. The highest BCUT2D eigenvalue weighted by Crippen LogP contribution is 2.23. The summed E-state index contributed by atoms with van der Waals surface area (Å²) in [5.74, 6) is -0.737. The number of hydrogen-bond acceptors (Lipinski definition) is 3. The van der Waals surface area contributed by atoms with Gasteiger partial charge in [0, 0.05) is 17.8 Å². The highest BCUT2D eigenvalue weighted by atomic mass is 19.1. The maximum atomic E-state index is 14.0. The lowest BCUT2D eigenvalue weighted by Crippen LogP contribution is -2.08. The van der Waals surface area contributed by atoms with Crippen molar-refractivity contribution in [1.29, 1.82) is 5.26 Å². The minimum Gasteiger partial charge on any atom is -0.362 e. The van der Waals surface area contributed by atoms with Crippen LogP contribution in [0.15, 0.2) is 48.5 Å². The fraction of sp³-hybridized carbons (Fsp3) is 0.158. The third-order valence-electron chi connectivity index (χ3n) is 3.91. The first-order valence-electron chi connectivity index (χ1n) is 7.76. The van der Waals surface area contributed by atoms with E-state index in [0.717, 1.165) is 11.6 Å². The summed E-state index contributed by atoms with van der Waals surface area (Å²) in [4.78, 5) is 0. The maximum Gasteiger partial charge on any atom is 0.151 e. The molecule has 6 heteroatoms. The van der Waals surface area contributed by atoms with E-state index in [1.165, 1.54) is 16.8 Å². The van der Waals surface area contributed by atoms with Gasteiger partial charge in [0.25, 0.3) is 0 Å². The van der Waals surface area contributed by atoms with Crippen molar-refractivity contribution < 1.29 is 8.78 Å². The molecule has 0 spiro atoms. The van der Waals surface area contributed by atoms with E-state index < -0.39 is 11.6 Å². The summed E-state index contributed by atoms with van der Waals surface area (Å²) in [6.45, 7) is 3.74. The van der Waals surface area contributed by atoms with Crippen LogP contribution in [0, 0.1) is 29.9 Å². The number of benzene rings is 2. The number of halogens is 2. The van der Waals surface area contributed by atoms with Gasteiger partial charge in [0.15, 0.2) is 5.82 Å². The topological polar surface area (TPSA) is 53.6 Å². The van der Waals surface area contributed by atoms with Crippen LogP contribution < -0.4 is 5.32 Å². The largest absolute Gasteiger partial charge is 0.362 e. The van der Waals surface area contributed by atoms with Gasteiger partial charge in [0.1, 0.15) is 17.3 Å². The molecule has 0 aliphatic heterocycles. The summed E-state index contributed by atoms with van der Waals surface area (Å²) in [6, 6.07) is 14.5. The van der Waals surface area contributed by atoms with Gasteiger partial charge in [-0.1, -0.05) is 12.1 Å². The molecule has 4 nitrogen and oxygen atoms in total. The highest BCUT2D eigenvalue weighted by Gasteiger charge is 2.13. The van der Waals surface area contributed by atoms with Gasteiger partial charge in [-0.2, -0.15) is 10.4 Å². The Hall–Kier alpha value is -3.20. The summed E-state index contributed by atoms with van der Waals surface area (Å²) in [5.41, 5.74) is 2.43. The molecule has 25 heavy (non-hydrogen) atoms. The van der Waals surface area contributed by atoms with Crippen LogP contribution in [0.5, 0.6) is 0 Å². The molecule has 0 saturated carbocycles. The average molecular weight is 338 g/mol. The molecule has 0 aliphatic carbocycles. The van der Waals surface area contributed by atoms with Crippen molar-refractivity contribution in [1.82, 2.24) is 9.78 Å². The molecule has 1 heterocycles. The van der Waals surface area contributed by atoms with Crippen LogP contribution in [0.3, 0.4) is 0 Å². The molecule has 0 amide bonds. The van der Waals surface area contributed by atoms with Crippen molar-refractivity contribution in [3.63, 3.8) is 0 Å². The fourth-order valence-corrected chi connectivity index (χ4v) is 2.62. The fourth-order valence-electron chi connectivity index (χ4n) is 2.62. The van der Waals surface area contributed by atoms with Crippen molar-refractivity contribution >= 4 is 5.82 Å². The zero-order chi connectivity index (χ0) is 18.0. The van der Waals surface area contributed by atoms with Gasteiger partial charge in [-0.25, -0.2) is 13.5 Å². The predicted molar refractivity (Wildman–Crippen MR) is 91.4 cm³/mol. The smallest absolute Gasteiger partial charge is 0.151 e. The van der Waals surface area contributed by atoms with E-state index in [1.54, 1.807) is 25.1 Å². The molecule has 0 aliphatic rings. The van der Waals surface area contributed by atoms with Crippen LogP contribution in [0.2, 0.25) is 0 Å². The molecule has 3 aromatic rings. The first kappa shape index (κ1) is 16.7. The van der Waals surface area contributed by atoms with Gasteiger partial charge in [0.05, 0.1) is 17.7 Å². The van der Waals surface area contributed by atoms with Crippen LogP contribution in [0.4, 0.5) is 14.6 Å². The third kappa shape index (κ3) is 3.50. The molecule has 126 valence electrons. The van der Waals surface area contributed by atoms with Crippen molar-refractivity contribution in [2.24, 2.45) is 0 Å². The van der Waals surface area contributed by atoms with Crippen LogP contribution in [0.1, 0.15) is 29.8 Å². The molecule has 2 aromatic carbocycles. The Labute approximate surface area is 144 Å². The Morgan fingerprint density at radius 2 is 1.96 bits per heavy atom. The van der Waals surface area contributed by atoms with Crippen molar-refractivity contribution in [3.05, 3.63) is 77.0 Å². The second-order valence-electron chi connectivity index (χ2n) is 5.78. The lowest BCUT2D eigenvalue weighted by molar-refractivity contribution is 0.572. The Morgan fingerprint density at radius 1 is 1.16 bits per heavy atom. The second kappa shape index (κ2) is 6.73. The van der Waals surface area contributed by atoms with E-state index in [4.69, 9.17) is 5.26 Å². The van der Waals surface area contributed by atoms with Gasteiger partial charge in [0.2, 0.25) is 0 Å². The summed E-state index contributed by atoms with van der Waals surface area (Å²) < 4.78 is 28.5. The Bertz CT molecular complexity index is 956. The lowest BCUT2D eigenvalue weighted by atomic mass is 10.1. The van der Waals surface area contributed by atoms with Gasteiger partial charge in [-0.05, 0) is 43.7 Å². The molecule has 1 N–H and O–H groups in total. The molecule has 0 saturated heterocycles. The molecule has 1 atom stereocenters. The van der Waals surface area contributed by atoms with E-state index in [1.807, 2.05) is 19.1 Å². The number of anilines is 1. The van der Waals surface area contributed by atoms with Gasteiger partial charge in [-0.3, -0.25) is 0 Å². The van der Waals surface area contributed by atoms with E-state index in [2.05, 4.69) is 16.5 Å². The summed E-state index contributed by atoms with van der Waals surface area (Å²) in [6.07, 6.45) is 0. The number of aromatic nitrogens is 2. The van der Waals surface area contributed by atoms with E-state index >= 15 is 0 Å². The van der Waals surface area contributed by atoms with Crippen LogP contribution >= 0.6 is 0 Å². The second-order valence-corrected chi connectivity index (χ2v) is 5.78. The number of rotatable bonds is 4. The first-order valence-corrected chi connectivity index (χ1v) is 7.76. The monoisotopic (exact) mass is 338 g/mol. The van der Waals surface area contributed by atoms with E-state index in [0.29, 0.717) is 17.1 Å². The Kier molecular flexibility index (Phi) is 4.48. The molecule has 3 rings (SSSR count). The summed E-state index contributed by atoms with van der Waals surface area (Å²) in [7, 11) is 0. The quantitative estimate of drug-likeness (QED) is 0.762. The van der Waals surface area contributed by atoms with E-state index in [-0.39, 0.29) is 11.7 Å². The normalized spacial score (nSPS) is 11.8. The number of nitriles is 1. The maximum absolute atomic E-state index is 14.0. The minimum absolute atomic E-state index is 0.0888. The van der Waals surface area contributed by atoms with Crippen LogP contribution in [-0.4, -0.2) is 9.78 Å². The summed E-state index contributed by atoms with van der Waals surface area (Å²) >= 11 is 0. The number of nitrogens with zero attached hydrogens (tertiary/aromatic N) is 3. The van der Waals surface area contributed by atoms with Crippen LogP contribution in [-0.2, 0) is 0 Å². The number of nitrogens with one attached hydrogen (secondary N) is 1. The molecule has 1 unspecified atom stereocenters. The number of hydrogen-bond donors (Lipinski definition) is 1. The predicted octanol–water partition coefficient (Wildman–Crippen LogP) is 4.50. The van der Waals surface area contributed by atoms with Crippen LogP contribution in [0.25, 0.3) is 5.69 Å². The van der Waals surface area contributed by atoms with Crippen molar-refractivity contribution in [2.75, 3.05) is 5.32 Å². The Balaban J connectivity index is 1.86. The molecular formula is C19H16F2N4. The zero-order valence-corrected chi connectivity index (χ0v) is 13.8. The lowest BCUT2D eigenvalue weighted by Gasteiger charge is -2.13. The third-order valence-corrected chi connectivity index (χ3v) is 3.91.